The molecule has 3 aromatic heterocycles. The van der Waals surface area contributed by atoms with Crippen molar-refractivity contribution in [1.82, 2.24) is 24.7 Å². The van der Waals surface area contributed by atoms with Gasteiger partial charge in [0.2, 0.25) is 5.95 Å². The van der Waals surface area contributed by atoms with Crippen molar-refractivity contribution in [1.29, 1.82) is 0 Å². The Morgan fingerprint density at radius 1 is 1.16 bits per heavy atom. The first-order chi connectivity index (χ1) is 15.3. The molecule has 164 valence electrons. The number of aryl methyl sites for hydroxylation is 1. The Morgan fingerprint density at radius 3 is 2.72 bits per heavy atom. The number of amides is 1. The third-order valence-electron chi connectivity index (χ3n) is 5.59. The largest absolute Gasteiger partial charge is 0.304 e. The van der Waals surface area contributed by atoms with Crippen molar-refractivity contribution in [2.75, 3.05) is 5.32 Å². The highest BCUT2D eigenvalue weighted by molar-refractivity contribution is 7.20. The number of hydrogen-bond acceptors (Lipinski definition) is 6. The molecule has 0 spiro atoms. The van der Waals surface area contributed by atoms with Gasteiger partial charge in [0.1, 0.15) is 5.82 Å². The summed E-state index contributed by atoms with van der Waals surface area (Å²) in [6.07, 6.45) is 3.52. The fraction of sp³-hybridized carbons (Fsp3) is 0.348. The topological polar surface area (TPSA) is 106 Å². The quantitative estimate of drug-likeness (QED) is 0.493. The molecule has 4 aromatic rings. The summed E-state index contributed by atoms with van der Waals surface area (Å²) in [6, 6.07) is 9.46. The number of H-pyrrole nitrogens is 1. The Bertz CT molecular complexity index is 1360. The van der Waals surface area contributed by atoms with Gasteiger partial charge in [-0.25, -0.2) is 9.97 Å². The predicted octanol–water partition coefficient (Wildman–Crippen LogP) is 3.99. The Balaban J connectivity index is 1.56. The molecule has 1 amide bonds. The van der Waals surface area contributed by atoms with Crippen LogP contribution in [0.4, 0.5) is 5.82 Å². The zero-order valence-corrected chi connectivity index (χ0v) is 19.0. The van der Waals surface area contributed by atoms with E-state index in [1.165, 1.54) is 16.0 Å². The van der Waals surface area contributed by atoms with Crippen LogP contribution >= 0.6 is 11.3 Å². The van der Waals surface area contributed by atoms with Crippen LogP contribution < -0.4 is 10.9 Å². The van der Waals surface area contributed by atoms with Crippen LogP contribution in [0, 0.1) is 0 Å². The molecule has 8 nitrogen and oxygen atoms in total. The van der Waals surface area contributed by atoms with E-state index in [0.717, 1.165) is 52.9 Å². The van der Waals surface area contributed by atoms with E-state index in [1.807, 2.05) is 51.1 Å². The molecule has 1 aliphatic rings. The van der Waals surface area contributed by atoms with Crippen LogP contribution in [-0.2, 0) is 18.3 Å². The second-order valence-corrected chi connectivity index (χ2v) is 10.1. The molecule has 3 heterocycles. The van der Waals surface area contributed by atoms with Gasteiger partial charge < -0.3 is 5.32 Å². The van der Waals surface area contributed by atoms with Crippen LogP contribution in [0.25, 0.3) is 16.2 Å². The summed E-state index contributed by atoms with van der Waals surface area (Å²) in [7, 11) is 0. The van der Waals surface area contributed by atoms with E-state index in [2.05, 4.69) is 20.4 Å². The van der Waals surface area contributed by atoms with Gasteiger partial charge in [0.15, 0.2) is 5.01 Å². The van der Waals surface area contributed by atoms with Crippen molar-refractivity contribution < 1.29 is 4.79 Å². The lowest BCUT2D eigenvalue weighted by Crippen LogP contribution is -2.25. The molecule has 0 aliphatic heterocycles. The summed E-state index contributed by atoms with van der Waals surface area (Å²) in [6.45, 7) is 6.13. The lowest BCUT2D eigenvalue weighted by molar-refractivity contribution is 0.102. The molecule has 0 bridgehead atoms. The number of nitrogens with zero attached hydrogens (tertiary/aromatic N) is 4. The van der Waals surface area contributed by atoms with Gasteiger partial charge >= 0.3 is 0 Å². The van der Waals surface area contributed by atoms with Crippen LogP contribution in [0.5, 0.6) is 0 Å². The van der Waals surface area contributed by atoms with Crippen molar-refractivity contribution in [3.8, 4) is 5.95 Å². The summed E-state index contributed by atoms with van der Waals surface area (Å²) in [5.41, 5.74) is 2.73. The number of carbonyl (C=O) groups is 1. The van der Waals surface area contributed by atoms with Crippen molar-refractivity contribution in [2.24, 2.45) is 0 Å². The molecule has 32 heavy (non-hydrogen) atoms. The molecule has 0 radical (unpaired) electrons. The minimum Gasteiger partial charge on any atom is -0.304 e. The summed E-state index contributed by atoms with van der Waals surface area (Å²) in [5.74, 6) is 0.428. The van der Waals surface area contributed by atoms with Crippen molar-refractivity contribution >= 4 is 33.3 Å². The van der Waals surface area contributed by atoms with Gasteiger partial charge in [0, 0.05) is 17.0 Å². The number of hydrogen-bond donors (Lipinski definition) is 2. The molecule has 0 fully saturated rings. The maximum Gasteiger partial charge on any atom is 0.285 e. The Morgan fingerprint density at radius 2 is 1.94 bits per heavy atom. The molecular formula is C23H24N6O2S. The first kappa shape index (κ1) is 20.6. The molecule has 1 aromatic carbocycles. The van der Waals surface area contributed by atoms with Gasteiger partial charge in [-0.15, -0.1) is 11.3 Å². The zero-order valence-electron chi connectivity index (χ0n) is 18.2. The van der Waals surface area contributed by atoms with Crippen LogP contribution in [0.3, 0.4) is 0 Å². The first-order valence-corrected chi connectivity index (χ1v) is 11.5. The number of benzene rings is 1. The van der Waals surface area contributed by atoms with Gasteiger partial charge in [-0.1, -0.05) is 32.9 Å². The van der Waals surface area contributed by atoms with Crippen molar-refractivity contribution in [3.05, 3.63) is 62.6 Å². The van der Waals surface area contributed by atoms with Gasteiger partial charge in [0.05, 0.1) is 21.6 Å². The fourth-order valence-corrected chi connectivity index (χ4v) is 4.69. The van der Waals surface area contributed by atoms with Gasteiger partial charge in [-0.2, -0.15) is 9.78 Å². The third-order valence-corrected chi connectivity index (χ3v) is 6.62. The van der Waals surface area contributed by atoms with E-state index in [1.54, 1.807) is 0 Å². The Hall–Kier alpha value is -3.33. The van der Waals surface area contributed by atoms with E-state index in [4.69, 9.17) is 4.98 Å². The van der Waals surface area contributed by atoms with Crippen LogP contribution in [-0.4, -0.2) is 30.6 Å². The highest BCUT2D eigenvalue weighted by atomic mass is 32.1. The number of rotatable bonds is 3. The van der Waals surface area contributed by atoms with Crippen molar-refractivity contribution in [3.63, 3.8) is 0 Å². The summed E-state index contributed by atoms with van der Waals surface area (Å²) >= 11 is 1.33. The SMILES string of the molecule is CC(C)(C)c1cc(NC(=O)c2nc3ccccc3s2)n(-c2nc3c(c(=O)[nH]2)CCCC3)n1. The second-order valence-electron chi connectivity index (χ2n) is 9.04. The average Bonchev–Trinajstić information content (AvgIpc) is 3.38. The van der Waals surface area contributed by atoms with Gasteiger partial charge in [0.25, 0.3) is 11.5 Å². The lowest BCUT2D eigenvalue weighted by Gasteiger charge is -2.16. The number of nitrogens with one attached hydrogen (secondary N) is 2. The Labute approximate surface area is 188 Å². The number of anilines is 1. The number of aromatic nitrogens is 5. The van der Waals surface area contributed by atoms with E-state index < -0.39 is 0 Å². The van der Waals surface area contributed by atoms with E-state index in [9.17, 15) is 9.59 Å². The fourth-order valence-electron chi connectivity index (χ4n) is 3.83. The van der Waals surface area contributed by atoms with Crippen molar-refractivity contribution in [2.45, 2.75) is 51.9 Å². The molecule has 1 aliphatic carbocycles. The summed E-state index contributed by atoms with van der Waals surface area (Å²) < 4.78 is 2.46. The summed E-state index contributed by atoms with van der Waals surface area (Å²) in [4.78, 5) is 37.7. The monoisotopic (exact) mass is 448 g/mol. The molecule has 5 rings (SSSR count). The highest BCUT2D eigenvalue weighted by Gasteiger charge is 2.25. The lowest BCUT2D eigenvalue weighted by atomic mass is 9.92. The highest BCUT2D eigenvalue weighted by Crippen LogP contribution is 2.27. The third kappa shape index (κ3) is 3.73. The molecule has 9 heteroatoms. The van der Waals surface area contributed by atoms with E-state index >= 15 is 0 Å². The molecular weight excluding hydrogens is 424 g/mol. The first-order valence-electron chi connectivity index (χ1n) is 10.7. The summed E-state index contributed by atoms with van der Waals surface area (Å²) in [5, 5.41) is 7.97. The number of fused-ring (bicyclic) bond motifs is 2. The maximum atomic E-state index is 13.0. The van der Waals surface area contributed by atoms with Crippen LogP contribution in [0.1, 0.15) is 60.4 Å². The van der Waals surface area contributed by atoms with Crippen LogP contribution in [0.2, 0.25) is 0 Å². The van der Waals surface area contributed by atoms with Gasteiger partial charge in [-0.05, 0) is 37.8 Å². The maximum absolute atomic E-state index is 13.0. The average molecular weight is 449 g/mol. The Kier molecular flexibility index (Phi) is 4.93. The zero-order chi connectivity index (χ0) is 22.5. The molecule has 0 unspecified atom stereocenters. The smallest absolute Gasteiger partial charge is 0.285 e. The standard InChI is InChI=1S/C23H24N6O2S/c1-23(2,3)17-12-18(26-20(31)21-24-15-10-6-7-11-16(15)32-21)29(28-17)22-25-14-9-5-4-8-13(14)19(30)27-22/h6-7,10-12H,4-5,8-9H2,1-3H3,(H,26,31)(H,25,27,30). The number of aromatic amines is 1. The van der Waals surface area contributed by atoms with E-state index in [0.29, 0.717) is 16.8 Å². The van der Waals surface area contributed by atoms with E-state index in [-0.39, 0.29) is 16.9 Å². The van der Waals surface area contributed by atoms with Gasteiger partial charge in [-0.3, -0.25) is 14.6 Å². The number of para-hydroxylation sites is 1. The molecule has 0 saturated carbocycles. The van der Waals surface area contributed by atoms with Crippen LogP contribution in [0.15, 0.2) is 35.1 Å². The molecule has 0 atom stereocenters. The predicted molar refractivity (Wildman–Crippen MR) is 125 cm³/mol. The number of thiazole rings is 1. The normalized spacial score (nSPS) is 13.8. The second kappa shape index (κ2) is 7.67. The molecule has 2 N–H and O–H groups in total. The number of carbonyl (C=O) groups excluding carboxylic acids is 1. The molecule has 0 saturated heterocycles. The minimum absolute atomic E-state index is 0.138. The minimum atomic E-state index is -0.326.